The summed E-state index contributed by atoms with van der Waals surface area (Å²) >= 11 is 0. The van der Waals surface area contributed by atoms with E-state index in [2.05, 4.69) is 85.6 Å². The second kappa shape index (κ2) is 13.1. The van der Waals surface area contributed by atoms with Crippen molar-refractivity contribution in [3.8, 4) is 11.8 Å². The highest BCUT2D eigenvalue weighted by Gasteiger charge is 2.59. The van der Waals surface area contributed by atoms with Crippen molar-refractivity contribution < 1.29 is 18.7 Å². The SMILES string of the molecule is CO[C@@]12CC[C@H](O[Si](C)(C)C(C)(C)C)[C@@H](C#CC(O[Si](C)(C)C(C)(C)C)C3CCCCC3)[C@@H]1CC2=CCCCO. The van der Waals surface area contributed by atoms with E-state index in [9.17, 15) is 5.11 Å². The van der Waals surface area contributed by atoms with Crippen LogP contribution in [0.1, 0.15) is 106 Å². The summed E-state index contributed by atoms with van der Waals surface area (Å²) in [7, 11) is -2.05. The van der Waals surface area contributed by atoms with Gasteiger partial charge in [-0.1, -0.05) is 78.7 Å². The number of fused-ring (bicyclic) bond motifs is 1. The summed E-state index contributed by atoms with van der Waals surface area (Å²) in [6.07, 6.45) is 13.6. The van der Waals surface area contributed by atoms with E-state index < -0.39 is 16.6 Å². The van der Waals surface area contributed by atoms with E-state index in [4.69, 9.17) is 13.6 Å². The molecule has 1 N–H and O–H groups in total. The first kappa shape index (κ1) is 34.1. The van der Waals surface area contributed by atoms with Gasteiger partial charge in [0.25, 0.3) is 0 Å². The molecule has 0 spiro atoms. The van der Waals surface area contributed by atoms with Gasteiger partial charge in [-0.15, -0.1) is 0 Å². The van der Waals surface area contributed by atoms with Crippen LogP contribution in [0.4, 0.5) is 0 Å². The molecule has 230 valence electrons. The van der Waals surface area contributed by atoms with Crippen LogP contribution in [0.25, 0.3) is 0 Å². The van der Waals surface area contributed by atoms with Crippen molar-refractivity contribution in [2.45, 2.75) is 160 Å². The topological polar surface area (TPSA) is 47.9 Å². The zero-order valence-corrected chi connectivity index (χ0v) is 29.9. The smallest absolute Gasteiger partial charge is 0.193 e. The molecule has 0 heterocycles. The van der Waals surface area contributed by atoms with Crippen LogP contribution in [-0.4, -0.2) is 53.3 Å². The molecule has 6 heteroatoms. The van der Waals surface area contributed by atoms with Crippen molar-refractivity contribution in [1.29, 1.82) is 0 Å². The maximum absolute atomic E-state index is 9.33. The van der Waals surface area contributed by atoms with Gasteiger partial charge in [0.1, 0.15) is 6.10 Å². The zero-order valence-electron chi connectivity index (χ0n) is 27.9. The third-order valence-electron chi connectivity index (χ3n) is 11.3. The molecule has 3 saturated carbocycles. The minimum absolute atomic E-state index is 0.00762. The standard InChI is InChI=1S/C34H62O4Si2/c1-32(2,3)39(8,9)37-30(26-17-13-12-14-18-26)21-20-28-29-25-27(19-15-16-24-35)34(29,36-7)23-22-31(28)38-40(10,11)33(4,5)6/h19,26,28-31,35H,12-18,22-25H2,1-11H3/t28-,29-,30?,31-,34+/m0/s1. The van der Waals surface area contributed by atoms with Crippen LogP contribution in [-0.2, 0) is 13.6 Å². The lowest BCUT2D eigenvalue weighted by Gasteiger charge is -2.59. The first-order valence-corrected chi connectivity index (χ1v) is 22.0. The Labute approximate surface area is 249 Å². The first-order chi connectivity index (χ1) is 18.5. The molecule has 3 aliphatic carbocycles. The molecule has 3 rings (SSSR count). The van der Waals surface area contributed by atoms with E-state index in [1.54, 1.807) is 0 Å². The Hall–Kier alpha value is -0.426. The number of methoxy groups -OCH3 is 1. The summed E-state index contributed by atoms with van der Waals surface area (Å²) in [5.74, 6) is 8.73. The molecule has 0 aromatic rings. The van der Waals surface area contributed by atoms with Crippen LogP contribution < -0.4 is 0 Å². The number of unbranched alkanes of at least 4 members (excludes halogenated alkanes) is 1. The highest BCUT2D eigenvalue weighted by molar-refractivity contribution is 6.74. The molecule has 4 nitrogen and oxygen atoms in total. The lowest BCUT2D eigenvalue weighted by atomic mass is 9.53. The monoisotopic (exact) mass is 590 g/mol. The fourth-order valence-corrected chi connectivity index (χ4v) is 9.10. The van der Waals surface area contributed by atoms with E-state index in [1.165, 1.54) is 37.7 Å². The maximum atomic E-state index is 9.33. The number of allylic oxidation sites excluding steroid dienone is 1. The van der Waals surface area contributed by atoms with Gasteiger partial charge < -0.3 is 18.7 Å². The van der Waals surface area contributed by atoms with Crippen molar-refractivity contribution in [2.75, 3.05) is 13.7 Å². The maximum Gasteiger partial charge on any atom is 0.193 e. The molecule has 0 radical (unpaired) electrons. The fraction of sp³-hybridized carbons (Fsp3) is 0.882. The van der Waals surface area contributed by atoms with Gasteiger partial charge in [0, 0.05) is 19.6 Å². The van der Waals surface area contributed by atoms with E-state index in [0.717, 1.165) is 32.1 Å². The second-order valence-electron chi connectivity index (χ2n) is 16.0. The van der Waals surface area contributed by atoms with Gasteiger partial charge >= 0.3 is 0 Å². The highest BCUT2D eigenvalue weighted by Crippen LogP contribution is 2.58. The summed E-state index contributed by atoms with van der Waals surface area (Å²) in [4.78, 5) is 0. The van der Waals surface area contributed by atoms with Crippen molar-refractivity contribution in [1.82, 2.24) is 0 Å². The fourth-order valence-electron chi connectivity index (χ4n) is 6.48. The Morgan fingerprint density at radius 2 is 1.60 bits per heavy atom. The quantitative estimate of drug-likeness (QED) is 0.126. The van der Waals surface area contributed by atoms with Gasteiger partial charge in [-0.25, -0.2) is 0 Å². The van der Waals surface area contributed by atoms with Gasteiger partial charge in [-0.3, -0.25) is 0 Å². The molecule has 0 aromatic carbocycles. The Morgan fingerprint density at radius 1 is 0.975 bits per heavy atom. The summed E-state index contributed by atoms with van der Waals surface area (Å²) in [6.45, 7) is 23.7. The summed E-state index contributed by atoms with van der Waals surface area (Å²) in [5.41, 5.74) is 1.18. The minimum atomic E-state index is -1.97. The first-order valence-electron chi connectivity index (χ1n) is 16.2. The Balaban J connectivity index is 1.99. The largest absolute Gasteiger partial charge is 0.413 e. The van der Waals surface area contributed by atoms with E-state index in [-0.39, 0.29) is 40.4 Å². The predicted molar refractivity (Wildman–Crippen MR) is 173 cm³/mol. The van der Waals surface area contributed by atoms with Gasteiger partial charge in [-0.05, 0) is 92.7 Å². The number of ether oxygens (including phenoxy) is 1. The Morgan fingerprint density at radius 3 is 2.15 bits per heavy atom. The number of hydrogen-bond donors (Lipinski definition) is 1. The third kappa shape index (κ3) is 7.37. The summed E-state index contributed by atoms with van der Waals surface area (Å²) in [5, 5.41) is 9.65. The second-order valence-corrected chi connectivity index (χ2v) is 25.5. The molecule has 0 aromatic heterocycles. The van der Waals surface area contributed by atoms with E-state index in [1.807, 2.05) is 7.11 Å². The van der Waals surface area contributed by atoms with E-state index in [0.29, 0.717) is 11.8 Å². The molecule has 0 amide bonds. The Kier molecular flexibility index (Phi) is 11.1. The Bertz CT molecular complexity index is 926. The van der Waals surface area contributed by atoms with Gasteiger partial charge in [0.05, 0.1) is 17.6 Å². The lowest BCUT2D eigenvalue weighted by molar-refractivity contribution is -0.136. The van der Waals surface area contributed by atoms with Crippen LogP contribution in [0.2, 0.25) is 36.3 Å². The molecule has 40 heavy (non-hydrogen) atoms. The summed E-state index contributed by atoms with van der Waals surface area (Å²) in [6, 6.07) is 0. The molecule has 0 bridgehead atoms. The zero-order chi connectivity index (χ0) is 30.0. The molecular weight excluding hydrogens is 529 g/mol. The predicted octanol–water partition coefficient (Wildman–Crippen LogP) is 8.86. The van der Waals surface area contributed by atoms with Gasteiger partial charge in [0.2, 0.25) is 0 Å². The van der Waals surface area contributed by atoms with Crippen LogP contribution in [0.3, 0.4) is 0 Å². The van der Waals surface area contributed by atoms with Crippen molar-refractivity contribution in [3.63, 3.8) is 0 Å². The third-order valence-corrected chi connectivity index (χ3v) is 20.2. The van der Waals surface area contributed by atoms with Crippen LogP contribution >= 0.6 is 0 Å². The highest BCUT2D eigenvalue weighted by atomic mass is 28.4. The number of rotatable bonds is 9. The molecule has 0 aliphatic heterocycles. The van der Waals surface area contributed by atoms with E-state index >= 15 is 0 Å². The molecular formula is C34H62O4Si2. The normalized spacial score (nSPS) is 30.3. The average molecular weight is 591 g/mol. The molecule has 3 fully saturated rings. The lowest BCUT2D eigenvalue weighted by Crippen LogP contribution is -2.61. The van der Waals surface area contributed by atoms with Crippen LogP contribution in [0.5, 0.6) is 0 Å². The van der Waals surface area contributed by atoms with Crippen molar-refractivity contribution in [3.05, 3.63) is 11.6 Å². The minimum Gasteiger partial charge on any atom is -0.413 e. The number of aliphatic hydroxyl groups excluding tert-OH is 1. The van der Waals surface area contributed by atoms with Crippen molar-refractivity contribution >= 4 is 16.6 Å². The van der Waals surface area contributed by atoms with Gasteiger partial charge in [0.15, 0.2) is 16.6 Å². The van der Waals surface area contributed by atoms with Crippen LogP contribution in [0, 0.1) is 29.6 Å². The van der Waals surface area contributed by atoms with Crippen molar-refractivity contribution in [2.24, 2.45) is 17.8 Å². The molecule has 5 atom stereocenters. The molecule has 3 aliphatic rings. The van der Waals surface area contributed by atoms with Crippen LogP contribution in [0.15, 0.2) is 11.6 Å². The number of hydrogen-bond acceptors (Lipinski definition) is 4. The van der Waals surface area contributed by atoms with Gasteiger partial charge in [-0.2, -0.15) is 0 Å². The average Bonchev–Trinajstić information content (AvgIpc) is 2.85. The number of aliphatic hydroxyl groups is 1. The molecule has 1 unspecified atom stereocenters. The summed E-state index contributed by atoms with van der Waals surface area (Å²) < 4.78 is 20.6. The molecule has 0 saturated heterocycles.